The number of carbonyl (C=O) groups is 3. The molecule has 0 spiro atoms. The zero-order valence-corrected chi connectivity index (χ0v) is 22.3. The second-order valence-corrected chi connectivity index (χ2v) is 9.69. The Kier molecular flexibility index (Phi) is 8.63. The van der Waals surface area contributed by atoms with E-state index < -0.39 is 17.9 Å². The van der Waals surface area contributed by atoms with Crippen molar-refractivity contribution >= 4 is 17.8 Å². The van der Waals surface area contributed by atoms with Gasteiger partial charge in [-0.15, -0.1) is 0 Å². The Labute approximate surface area is 227 Å². The third kappa shape index (κ3) is 6.63. The Hall–Kier alpha value is -4.21. The second-order valence-electron chi connectivity index (χ2n) is 9.69. The Morgan fingerprint density at radius 2 is 1.82 bits per heavy atom. The van der Waals surface area contributed by atoms with Gasteiger partial charge in [0.25, 0.3) is 0 Å². The molecule has 1 heterocycles. The maximum absolute atomic E-state index is 13.3. The molecule has 0 aromatic heterocycles. The molecule has 39 heavy (non-hydrogen) atoms. The summed E-state index contributed by atoms with van der Waals surface area (Å²) in [5.41, 5.74) is 10.5. The van der Waals surface area contributed by atoms with Gasteiger partial charge in [-0.25, -0.2) is 4.79 Å². The van der Waals surface area contributed by atoms with Gasteiger partial charge in [0.05, 0.1) is 31.9 Å². The van der Waals surface area contributed by atoms with E-state index >= 15 is 0 Å². The average Bonchev–Trinajstić information content (AvgIpc) is 2.92. The molecule has 0 saturated carbocycles. The minimum Gasteiger partial charge on any atom is -0.508 e. The van der Waals surface area contributed by atoms with Crippen LogP contribution in [-0.4, -0.2) is 60.7 Å². The Bertz CT molecular complexity index is 1370. The van der Waals surface area contributed by atoms with E-state index in [0.29, 0.717) is 30.8 Å². The van der Waals surface area contributed by atoms with Gasteiger partial charge in [-0.05, 0) is 84.1 Å². The fourth-order valence-electron chi connectivity index (χ4n) is 4.78. The van der Waals surface area contributed by atoms with Crippen LogP contribution in [0.3, 0.4) is 0 Å². The van der Waals surface area contributed by atoms with Crippen molar-refractivity contribution in [3.63, 3.8) is 0 Å². The molecule has 4 rings (SSSR count). The summed E-state index contributed by atoms with van der Waals surface area (Å²) in [4.78, 5) is 38.6. The number of esters is 1. The smallest absolute Gasteiger partial charge is 0.337 e. The fraction of sp³-hybridized carbons (Fsp3) is 0.300. The summed E-state index contributed by atoms with van der Waals surface area (Å²) in [5.74, 6) is -0.969. The standard InChI is InChI=1S/C30H33N3O6/c1-18-12-23(28(31)35)8-9-26(18)24-13-20(14-25(34)15-24)16-33-10-11-39-17-27(33)29(36)32-19(2)21-4-6-22(7-5-21)30(37)38-3/h4-9,12-15,19,27,34H,10-11,16-17H2,1-3H3,(H2,31,35)(H,32,36)/t19-,27+/m0/s1. The fourth-order valence-corrected chi connectivity index (χ4v) is 4.78. The van der Waals surface area contributed by atoms with Crippen molar-refractivity contribution in [1.82, 2.24) is 10.2 Å². The Morgan fingerprint density at radius 1 is 1.10 bits per heavy atom. The van der Waals surface area contributed by atoms with Gasteiger partial charge in [0.1, 0.15) is 11.8 Å². The van der Waals surface area contributed by atoms with Gasteiger partial charge >= 0.3 is 5.97 Å². The number of phenols is 1. The van der Waals surface area contributed by atoms with E-state index in [4.69, 9.17) is 15.2 Å². The lowest BCUT2D eigenvalue weighted by Gasteiger charge is -2.35. The van der Waals surface area contributed by atoms with Gasteiger partial charge in [0.2, 0.25) is 11.8 Å². The van der Waals surface area contributed by atoms with Gasteiger partial charge in [0, 0.05) is 18.7 Å². The highest BCUT2D eigenvalue weighted by atomic mass is 16.5. The van der Waals surface area contributed by atoms with E-state index in [1.165, 1.54) is 7.11 Å². The number of nitrogens with two attached hydrogens (primary N) is 1. The van der Waals surface area contributed by atoms with Gasteiger partial charge in [-0.1, -0.05) is 18.2 Å². The predicted octanol–water partition coefficient (Wildman–Crippen LogP) is 3.33. The number of rotatable bonds is 8. The van der Waals surface area contributed by atoms with E-state index in [-0.39, 0.29) is 24.3 Å². The lowest BCUT2D eigenvalue weighted by Crippen LogP contribution is -2.53. The van der Waals surface area contributed by atoms with Crippen LogP contribution in [0, 0.1) is 6.92 Å². The van der Waals surface area contributed by atoms with Crippen LogP contribution in [0.4, 0.5) is 0 Å². The number of nitrogens with one attached hydrogen (secondary N) is 1. The van der Waals surface area contributed by atoms with Crippen LogP contribution < -0.4 is 11.1 Å². The molecule has 3 aromatic carbocycles. The third-order valence-corrected chi connectivity index (χ3v) is 6.92. The van der Waals surface area contributed by atoms with Gasteiger partial charge in [-0.3, -0.25) is 14.5 Å². The molecule has 3 aromatic rings. The van der Waals surface area contributed by atoms with Crippen LogP contribution >= 0.6 is 0 Å². The van der Waals surface area contributed by atoms with Gasteiger partial charge < -0.3 is 25.6 Å². The van der Waals surface area contributed by atoms with Crippen molar-refractivity contribution in [1.29, 1.82) is 0 Å². The van der Waals surface area contributed by atoms with E-state index in [0.717, 1.165) is 27.8 Å². The highest BCUT2D eigenvalue weighted by Gasteiger charge is 2.30. The molecule has 0 unspecified atom stereocenters. The first kappa shape index (κ1) is 27.8. The van der Waals surface area contributed by atoms with Gasteiger partial charge in [-0.2, -0.15) is 0 Å². The largest absolute Gasteiger partial charge is 0.508 e. The summed E-state index contributed by atoms with van der Waals surface area (Å²) in [6, 6.07) is 16.7. The van der Waals surface area contributed by atoms with Crippen molar-refractivity contribution < 1.29 is 29.0 Å². The molecule has 4 N–H and O–H groups in total. The first-order chi connectivity index (χ1) is 18.7. The SMILES string of the molecule is COC(=O)c1ccc([C@H](C)NC(=O)[C@H]2COCCN2Cc2cc(O)cc(-c3ccc(C(N)=O)cc3C)c2)cc1. The average molecular weight is 532 g/mol. The molecule has 1 fully saturated rings. The number of hydrogen-bond acceptors (Lipinski definition) is 7. The predicted molar refractivity (Wildman–Crippen MR) is 146 cm³/mol. The lowest BCUT2D eigenvalue weighted by molar-refractivity contribution is -0.133. The van der Waals surface area contributed by atoms with Crippen molar-refractivity contribution in [2.45, 2.75) is 32.5 Å². The molecule has 1 saturated heterocycles. The topological polar surface area (TPSA) is 131 Å². The van der Waals surface area contributed by atoms with Gasteiger partial charge in [0.15, 0.2) is 0 Å². The molecule has 0 bridgehead atoms. The van der Waals surface area contributed by atoms with E-state index in [9.17, 15) is 19.5 Å². The van der Waals surface area contributed by atoms with Crippen molar-refractivity contribution in [3.05, 3.63) is 88.5 Å². The quantitative estimate of drug-likeness (QED) is 0.380. The highest BCUT2D eigenvalue weighted by molar-refractivity contribution is 5.93. The summed E-state index contributed by atoms with van der Waals surface area (Å²) in [7, 11) is 1.33. The van der Waals surface area contributed by atoms with Crippen LogP contribution in [0.15, 0.2) is 60.7 Å². The maximum Gasteiger partial charge on any atom is 0.337 e. The minimum atomic E-state index is -0.516. The molecule has 1 aliphatic rings. The molecule has 204 valence electrons. The number of aromatic hydroxyl groups is 1. The molecule has 2 atom stereocenters. The number of primary amides is 1. The number of phenolic OH excluding ortho intramolecular Hbond substituents is 1. The summed E-state index contributed by atoms with van der Waals surface area (Å²) < 4.78 is 10.4. The number of carbonyl (C=O) groups excluding carboxylic acids is 3. The molecule has 9 nitrogen and oxygen atoms in total. The summed E-state index contributed by atoms with van der Waals surface area (Å²) >= 11 is 0. The number of amides is 2. The van der Waals surface area contributed by atoms with Crippen molar-refractivity contribution in [3.8, 4) is 16.9 Å². The molecule has 2 amide bonds. The molecule has 0 radical (unpaired) electrons. The number of methoxy groups -OCH3 is 1. The highest BCUT2D eigenvalue weighted by Crippen LogP contribution is 2.30. The summed E-state index contributed by atoms with van der Waals surface area (Å²) in [6.07, 6.45) is 0. The second kappa shape index (κ2) is 12.1. The minimum absolute atomic E-state index is 0.110. The van der Waals surface area contributed by atoms with E-state index in [1.807, 2.05) is 30.9 Å². The van der Waals surface area contributed by atoms with Crippen LogP contribution in [0.5, 0.6) is 5.75 Å². The normalized spacial score (nSPS) is 16.3. The summed E-state index contributed by atoms with van der Waals surface area (Å²) in [5, 5.41) is 13.5. The first-order valence-electron chi connectivity index (χ1n) is 12.7. The zero-order chi connectivity index (χ0) is 28.1. The molecular formula is C30H33N3O6. The third-order valence-electron chi connectivity index (χ3n) is 6.92. The first-order valence-corrected chi connectivity index (χ1v) is 12.7. The van der Waals surface area contributed by atoms with Crippen molar-refractivity contribution in [2.75, 3.05) is 26.9 Å². The van der Waals surface area contributed by atoms with Crippen LogP contribution in [-0.2, 0) is 20.8 Å². The molecule has 1 aliphatic heterocycles. The number of benzene rings is 3. The Balaban J connectivity index is 1.49. The van der Waals surface area contributed by atoms with Crippen LogP contribution in [0.2, 0.25) is 0 Å². The number of aryl methyl sites for hydroxylation is 1. The molecule has 9 heteroatoms. The number of hydrogen-bond donors (Lipinski definition) is 3. The van der Waals surface area contributed by atoms with Crippen LogP contribution in [0.1, 0.15) is 50.4 Å². The molecular weight excluding hydrogens is 498 g/mol. The lowest BCUT2D eigenvalue weighted by atomic mass is 9.96. The molecule has 0 aliphatic carbocycles. The van der Waals surface area contributed by atoms with E-state index in [1.54, 1.807) is 48.5 Å². The van der Waals surface area contributed by atoms with E-state index in [2.05, 4.69) is 5.32 Å². The van der Waals surface area contributed by atoms with Crippen LogP contribution in [0.25, 0.3) is 11.1 Å². The Morgan fingerprint density at radius 3 is 2.49 bits per heavy atom. The zero-order valence-electron chi connectivity index (χ0n) is 22.3. The maximum atomic E-state index is 13.3. The van der Waals surface area contributed by atoms with Crippen molar-refractivity contribution in [2.24, 2.45) is 5.73 Å². The monoisotopic (exact) mass is 531 g/mol. The number of ether oxygens (including phenoxy) is 2. The summed E-state index contributed by atoms with van der Waals surface area (Å²) in [6.45, 7) is 5.50. The number of nitrogens with zero attached hydrogens (tertiary/aromatic N) is 1. The number of morpholine rings is 1.